The smallest absolute Gasteiger partial charge is 0.227 e. The molecule has 0 saturated heterocycles. The minimum absolute atomic E-state index is 0.00415. The van der Waals surface area contributed by atoms with Crippen LogP contribution < -0.4 is 0 Å². The van der Waals surface area contributed by atoms with Gasteiger partial charge in [0.05, 0.1) is 5.69 Å². The largest absolute Gasteiger partial charge is 0.433 e. The monoisotopic (exact) mass is 364 g/mol. The standard InChI is InChI=1S/C20H11F3N4/c21-20(22,23)17-11-16(13-7-3-1-4-8-13)25-19-15(12-24)18(26-27(17)19)14-9-5-2-6-10-14/h1-11H. The molecular weight excluding hydrogens is 353 g/mol. The normalized spacial score (nSPS) is 11.5. The molecule has 27 heavy (non-hydrogen) atoms. The number of hydrogen-bond acceptors (Lipinski definition) is 3. The fourth-order valence-electron chi connectivity index (χ4n) is 2.88. The predicted molar refractivity (Wildman–Crippen MR) is 93.6 cm³/mol. The molecule has 4 nitrogen and oxygen atoms in total. The zero-order valence-electron chi connectivity index (χ0n) is 13.8. The molecular formula is C20H11F3N4. The van der Waals surface area contributed by atoms with Crippen molar-refractivity contribution >= 4 is 5.65 Å². The van der Waals surface area contributed by atoms with Crippen LogP contribution in [-0.4, -0.2) is 14.6 Å². The van der Waals surface area contributed by atoms with Gasteiger partial charge in [0, 0.05) is 11.1 Å². The van der Waals surface area contributed by atoms with E-state index in [4.69, 9.17) is 0 Å². The average Bonchev–Trinajstić information content (AvgIpc) is 3.06. The number of aromatic nitrogens is 3. The Bertz CT molecular complexity index is 1160. The Morgan fingerprint density at radius 1 is 0.889 bits per heavy atom. The van der Waals surface area contributed by atoms with Crippen LogP contribution in [0.15, 0.2) is 66.7 Å². The Kier molecular flexibility index (Phi) is 3.89. The lowest BCUT2D eigenvalue weighted by molar-refractivity contribution is -0.142. The van der Waals surface area contributed by atoms with E-state index in [0.717, 1.165) is 6.07 Å². The van der Waals surface area contributed by atoms with E-state index in [1.54, 1.807) is 60.7 Å². The lowest BCUT2D eigenvalue weighted by Gasteiger charge is -2.11. The molecule has 132 valence electrons. The summed E-state index contributed by atoms with van der Waals surface area (Å²) < 4.78 is 41.8. The van der Waals surface area contributed by atoms with Crippen molar-refractivity contribution in [3.05, 3.63) is 78.0 Å². The molecule has 2 heterocycles. The molecule has 0 aliphatic carbocycles. The number of alkyl halides is 3. The van der Waals surface area contributed by atoms with Gasteiger partial charge in [-0.2, -0.15) is 23.5 Å². The van der Waals surface area contributed by atoms with Gasteiger partial charge >= 0.3 is 6.18 Å². The van der Waals surface area contributed by atoms with E-state index < -0.39 is 11.9 Å². The van der Waals surface area contributed by atoms with Gasteiger partial charge in [-0.1, -0.05) is 60.7 Å². The van der Waals surface area contributed by atoms with Gasteiger partial charge in [-0.15, -0.1) is 0 Å². The van der Waals surface area contributed by atoms with Crippen LogP contribution >= 0.6 is 0 Å². The van der Waals surface area contributed by atoms with E-state index in [0.29, 0.717) is 15.6 Å². The van der Waals surface area contributed by atoms with Crippen molar-refractivity contribution in [3.8, 4) is 28.6 Å². The number of fused-ring (bicyclic) bond motifs is 1. The van der Waals surface area contributed by atoms with Gasteiger partial charge in [0.2, 0.25) is 0 Å². The van der Waals surface area contributed by atoms with Crippen LogP contribution in [0.25, 0.3) is 28.2 Å². The van der Waals surface area contributed by atoms with Crippen molar-refractivity contribution in [2.24, 2.45) is 0 Å². The predicted octanol–water partition coefficient (Wildman–Crippen LogP) is 4.95. The van der Waals surface area contributed by atoms with E-state index in [1.165, 1.54) is 0 Å². The van der Waals surface area contributed by atoms with Crippen molar-refractivity contribution in [2.45, 2.75) is 6.18 Å². The molecule has 2 aromatic carbocycles. The van der Waals surface area contributed by atoms with Crippen molar-refractivity contribution in [1.29, 1.82) is 5.26 Å². The van der Waals surface area contributed by atoms with Crippen molar-refractivity contribution in [1.82, 2.24) is 14.6 Å². The SMILES string of the molecule is N#Cc1c(-c2ccccc2)nn2c(C(F)(F)F)cc(-c3ccccc3)nc12. The van der Waals surface area contributed by atoms with Crippen molar-refractivity contribution in [3.63, 3.8) is 0 Å². The summed E-state index contributed by atoms with van der Waals surface area (Å²) in [4.78, 5) is 4.31. The van der Waals surface area contributed by atoms with Gasteiger partial charge in [0.1, 0.15) is 17.3 Å². The van der Waals surface area contributed by atoms with Crippen LogP contribution in [0.5, 0.6) is 0 Å². The zero-order chi connectivity index (χ0) is 19.0. The second-order valence-electron chi connectivity index (χ2n) is 5.83. The van der Waals surface area contributed by atoms with Crippen LogP contribution in [0.2, 0.25) is 0 Å². The first-order chi connectivity index (χ1) is 13.0. The molecule has 0 aliphatic rings. The van der Waals surface area contributed by atoms with Crippen LogP contribution in [0.3, 0.4) is 0 Å². The highest BCUT2D eigenvalue weighted by Gasteiger charge is 2.36. The van der Waals surface area contributed by atoms with E-state index in [2.05, 4.69) is 10.1 Å². The highest BCUT2D eigenvalue weighted by atomic mass is 19.4. The molecule has 0 fully saturated rings. The van der Waals surface area contributed by atoms with Crippen LogP contribution in [0.1, 0.15) is 11.3 Å². The molecule has 0 amide bonds. The zero-order valence-corrected chi connectivity index (χ0v) is 13.8. The Labute approximate surface area is 152 Å². The van der Waals surface area contributed by atoms with E-state index in [1.807, 2.05) is 6.07 Å². The van der Waals surface area contributed by atoms with E-state index in [-0.39, 0.29) is 22.6 Å². The maximum atomic E-state index is 13.7. The summed E-state index contributed by atoms with van der Waals surface area (Å²) in [6.07, 6.45) is -4.66. The number of benzene rings is 2. The minimum atomic E-state index is -4.66. The molecule has 0 aliphatic heterocycles. The van der Waals surface area contributed by atoms with Gasteiger partial charge in [-0.05, 0) is 6.07 Å². The van der Waals surface area contributed by atoms with Crippen LogP contribution in [-0.2, 0) is 6.18 Å². The second kappa shape index (κ2) is 6.25. The molecule has 7 heteroatoms. The van der Waals surface area contributed by atoms with Crippen molar-refractivity contribution < 1.29 is 13.2 Å². The highest BCUT2D eigenvalue weighted by molar-refractivity contribution is 5.76. The summed E-state index contributed by atoms with van der Waals surface area (Å²) in [5, 5.41) is 13.7. The number of rotatable bonds is 2. The molecule has 0 atom stereocenters. The second-order valence-corrected chi connectivity index (χ2v) is 5.83. The molecule has 0 spiro atoms. The molecule has 4 aromatic rings. The van der Waals surface area contributed by atoms with Gasteiger partial charge in [-0.3, -0.25) is 0 Å². The number of nitrogens with zero attached hydrogens (tertiary/aromatic N) is 4. The van der Waals surface area contributed by atoms with E-state index in [9.17, 15) is 18.4 Å². The molecule has 0 radical (unpaired) electrons. The lowest BCUT2D eigenvalue weighted by Crippen LogP contribution is -2.13. The number of halogens is 3. The minimum Gasteiger partial charge on any atom is -0.227 e. The number of hydrogen-bond donors (Lipinski definition) is 0. The summed E-state index contributed by atoms with van der Waals surface area (Å²) in [7, 11) is 0. The maximum absolute atomic E-state index is 13.7. The summed E-state index contributed by atoms with van der Waals surface area (Å²) >= 11 is 0. The van der Waals surface area contributed by atoms with Gasteiger partial charge in [0.25, 0.3) is 0 Å². The fraction of sp³-hybridized carbons (Fsp3) is 0.0500. The molecule has 4 rings (SSSR count). The topological polar surface area (TPSA) is 54.0 Å². The van der Waals surface area contributed by atoms with Crippen LogP contribution in [0, 0.1) is 11.3 Å². The summed E-state index contributed by atoms with van der Waals surface area (Å²) in [5.41, 5.74) is 0.276. The first kappa shape index (κ1) is 16.8. The quantitative estimate of drug-likeness (QED) is 0.505. The Morgan fingerprint density at radius 2 is 1.48 bits per heavy atom. The molecule has 0 saturated carbocycles. The van der Waals surface area contributed by atoms with Gasteiger partial charge < -0.3 is 0 Å². The third-order valence-corrected chi connectivity index (χ3v) is 4.11. The third-order valence-electron chi connectivity index (χ3n) is 4.11. The molecule has 0 bridgehead atoms. The summed E-state index contributed by atoms with van der Waals surface area (Å²) in [5.74, 6) is 0. The number of nitriles is 1. The molecule has 0 N–H and O–H groups in total. The fourth-order valence-corrected chi connectivity index (χ4v) is 2.88. The van der Waals surface area contributed by atoms with E-state index >= 15 is 0 Å². The molecule has 0 unspecified atom stereocenters. The molecule has 2 aromatic heterocycles. The Morgan fingerprint density at radius 3 is 2.04 bits per heavy atom. The summed E-state index contributed by atoms with van der Waals surface area (Å²) in [6.45, 7) is 0. The first-order valence-electron chi connectivity index (χ1n) is 8.01. The van der Waals surface area contributed by atoms with Gasteiger partial charge in [0.15, 0.2) is 11.3 Å². The van der Waals surface area contributed by atoms with Crippen LogP contribution in [0.4, 0.5) is 13.2 Å². The Balaban J connectivity index is 2.08. The van der Waals surface area contributed by atoms with Crippen molar-refractivity contribution in [2.75, 3.05) is 0 Å². The third kappa shape index (κ3) is 2.91. The Hall–Kier alpha value is -3.66. The van der Waals surface area contributed by atoms with Gasteiger partial charge in [-0.25, -0.2) is 9.50 Å². The maximum Gasteiger partial charge on any atom is 0.433 e. The summed E-state index contributed by atoms with van der Waals surface area (Å²) in [6, 6.07) is 20.0. The highest BCUT2D eigenvalue weighted by Crippen LogP contribution is 2.34. The lowest BCUT2D eigenvalue weighted by atomic mass is 10.1. The average molecular weight is 364 g/mol. The first-order valence-corrected chi connectivity index (χ1v) is 8.01.